The molecule has 4 rings (SSSR count). The van der Waals surface area contributed by atoms with Crippen molar-refractivity contribution in [3.63, 3.8) is 0 Å². The van der Waals surface area contributed by atoms with Crippen LogP contribution in [0.25, 0.3) is 17.2 Å². The minimum absolute atomic E-state index is 0.0278. The Morgan fingerprint density at radius 2 is 1.53 bits per heavy atom. The zero-order valence-corrected chi connectivity index (χ0v) is 28.0. The molecule has 0 spiro atoms. The highest BCUT2D eigenvalue weighted by Crippen LogP contribution is 2.40. The van der Waals surface area contributed by atoms with Gasteiger partial charge in [-0.15, -0.1) is 10.2 Å². The van der Waals surface area contributed by atoms with Gasteiger partial charge in [0.15, 0.2) is 5.82 Å². The molecule has 2 aromatic carbocycles. The van der Waals surface area contributed by atoms with Crippen molar-refractivity contribution in [1.29, 1.82) is 0 Å². The summed E-state index contributed by atoms with van der Waals surface area (Å²) in [6.45, 7) is 1.48. The average molecular weight is 742 g/mol. The fourth-order valence-electron chi connectivity index (χ4n) is 4.50. The van der Waals surface area contributed by atoms with Gasteiger partial charge in [-0.25, -0.2) is 17.7 Å². The zero-order valence-electron chi connectivity index (χ0n) is 24.2. The fraction of sp³-hybridized carbons (Fsp3) is 0.321. The van der Waals surface area contributed by atoms with E-state index in [4.69, 9.17) is 18.9 Å². The number of pyridine rings is 1. The molecule has 0 saturated heterocycles. The highest BCUT2D eigenvalue weighted by molar-refractivity contribution is 14.2. The Balaban J connectivity index is 1.98. The van der Waals surface area contributed by atoms with Crippen LogP contribution < -0.4 is 23.3 Å². The predicted octanol–water partition coefficient (Wildman–Crippen LogP) is 4.71. The van der Waals surface area contributed by atoms with Gasteiger partial charge in [0.05, 0.1) is 28.4 Å². The molecule has 15 heteroatoms. The molecule has 0 fully saturated rings. The molecule has 12 nitrogen and oxygen atoms in total. The van der Waals surface area contributed by atoms with E-state index in [1.807, 2.05) is 0 Å². The van der Waals surface area contributed by atoms with E-state index in [0.29, 0.717) is 45.8 Å². The lowest BCUT2D eigenvalue weighted by Crippen LogP contribution is -2.43. The van der Waals surface area contributed by atoms with Crippen molar-refractivity contribution in [2.75, 3.05) is 45.0 Å². The molecule has 2 heterocycles. The molecule has 2 aromatic heterocycles. The molecule has 0 saturated carbocycles. The normalized spacial score (nSPS) is 12.8. The maximum atomic E-state index is 14.4. The van der Waals surface area contributed by atoms with Crippen molar-refractivity contribution in [2.24, 2.45) is 0 Å². The minimum atomic E-state index is -4.29. The van der Waals surface area contributed by atoms with Crippen LogP contribution in [0.15, 0.2) is 60.7 Å². The first-order valence-electron chi connectivity index (χ1n) is 13.0. The number of benzene rings is 2. The first-order chi connectivity index (χ1) is 20.7. The summed E-state index contributed by atoms with van der Waals surface area (Å²) >= 11 is 2.11. The Labute approximate surface area is 267 Å². The summed E-state index contributed by atoms with van der Waals surface area (Å²) in [6, 6.07) is 17.1. The van der Waals surface area contributed by atoms with E-state index in [1.54, 1.807) is 60.7 Å². The number of hydrogen-bond donors (Lipinski definition) is 1. The number of anilines is 1. The Hall–Kier alpha value is -3.28. The van der Waals surface area contributed by atoms with Gasteiger partial charge in [0, 0.05) is 23.9 Å². The molecule has 1 N–H and O–H groups in total. The summed E-state index contributed by atoms with van der Waals surface area (Å²) in [5.74, 6) is 2.07. The highest BCUT2D eigenvalue weighted by Gasteiger charge is 2.39. The molecule has 0 unspecified atom stereocenters. The number of rotatable bonds is 14. The number of para-hydroxylation sites is 2. The van der Waals surface area contributed by atoms with Gasteiger partial charge in [0.1, 0.15) is 40.0 Å². The SMILES string of the molecule is COc1cccc(-c2nnc(N(CCSI)S(=O)(=O)[C@@H](C)[C@@H](O)c3ccccc3OC)n2-c2c(OC)cccc2OC)n1. The van der Waals surface area contributed by atoms with E-state index in [1.165, 1.54) is 48.9 Å². The number of aromatic nitrogens is 4. The summed E-state index contributed by atoms with van der Waals surface area (Å²) in [4.78, 5) is 4.52. The molecule has 0 bridgehead atoms. The Morgan fingerprint density at radius 3 is 2.16 bits per heavy atom. The molecule has 4 aromatic rings. The predicted molar refractivity (Wildman–Crippen MR) is 174 cm³/mol. The lowest BCUT2D eigenvalue weighted by atomic mass is 10.1. The van der Waals surface area contributed by atoms with E-state index in [9.17, 15) is 13.5 Å². The number of ether oxygens (including phenoxy) is 4. The molecule has 43 heavy (non-hydrogen) atoms. The smallest absolute Gasteiger partial charge is 0.246 e. The van der Waals surface area contributed by atoms with Gasteiger partial charge in [-0.1, -0.05) is 39.3 Å². The van der Waals surface area contributed by atoms with Gasteiger partial charge in [-0.3, -0.25) is 4.57 Å². The lowest BCUT2D eigenvalue weighted by molar-refractivity contribution is 0.171. The van der Waals surface area contributed by atoms with E-state index >= 15 is 0 Å². The second kappa shape index (κ2) is 14.5. The van der Waals surface area contributed by atoms with Gasteiger partial charge in [-0.05, 0) is 52.4 Å². The van der Waals surface area contributed by atoms with Gasteiger partial charge < -0.3 is 24.1 Å². The number of aliphatic hydroxyl groups is 1. The summed E-state index contributed by atoms with van der Waals surface area (Å²) < 4.78 is 53.6. The third kappa shape index (κ3) is 6.63. The van der Waals surface area contributed by atoms with Crippen LogP contribution in [-0.2, 0) is 10.0 Å². The molecular formula is C28H32IN5O7S2. The van der Waals surface area contributed by atoms with Crippen LogP contribution >= 0.6 is 30.1 Å². The van der Waals surface area contributed by atoms with Crippen molar-refractivity contribution >= 4 is 46.1 Å². The van der Waals surface area contributed by atoms with Crippen LogP contribution in [0.3, 0.4) is 0 Å². The third-order valence-electron chi connectivity index (χ3n) is 6.71. The Bertz CT molecular complexity index is 1630. The highest BCUT2D eigenvalue weighted by atomic mass is 127. The van der Waals surface area contributed by atoms with Gasteiger partial charge >= 0.3 is 0 Å². The number of halogens is 1. The van der Waals surface area contributed by atoms with Crippen LogP contribution in [0.2, 0.25) is 0 Å². The molecule has 0 aliphatic heterocycles. The van der Waals surface area contributed by atoms with Crippen molar-refractivity contribution in [2.45, 2.75) is 18.3 Å². The minimum Gasteiger partial charge on any atom is -0.496 e. The van der Waals surface area contributed by atoms with E-state index in [-0.39, 0.29) is 18.3 Å². The summed E-state index contributed by atoms with van der Waals surface area (Å²) in [6.07, 6.45) is -1.41. The third-order valence-corrected chi connectivity index (χ3v) is 10.5. The Morgan fingerprint density at radius 1 is 0.907 bits per heavy atom. The first kappa shape index (κ1) is 32.6. The van der Waals surface area contributed by atoms with E-state index < -0.39 is 21.4 Å². The van der Waals surface area contributed by atoms with Gasteiger partial charge in [-0.2, -0.15) is 0 Å². The van der Waals surface area contributed by atoms with Crippen molar-refractivity contribution < 1.29 is 32.5 Å². The van der Waals surface area contributed by atoms with Crippen LogP contribution in [0, 0.1) is 0 Å². The number of methoxy groups -OCH3 is 4. The lowest BCUT2D eigenvalue weighted by Gasteiger charge is -2.30. The van der Waals surface area contributed by atoms with Crippen LogP contribution in [0.4, 0.5) is 5.95 Å². The zero-order chi connectivity index (χ0) is 31.1. The maximum Gasteiger partial charge on any atom is 0.246 e. The molecular weight excluding hydrogens is 709 g/mol. The first-order valence-corrected chi connectivity index (χ1v) is 18.0. The largest absolute Gasteiger partial charge is 0.496 e. The summed E-state index contributed by atoms with van der Waals surface area (Å²) in [7, 11) is 3.10. The Kier molecular flexibility index (Phi) is 11.0. The summed E-state index contributed by atoms with van der Waals surface area (Å²) in [5.41, 5.74) is 1.08. The molecule has 0 amide bonds. The van der Waals surface area contributed by atoms with E-state index in [2.05, 4.69) is 36.4 Å². The van der Waals surface area contributed by atoms with Crippen molar-refractivity contribution in [1.82, 2.24) is 19.7 Å². The topological polar surface area (TPSA) is 138 Å². The molecule has 0 aliphatic rings. The second-order valence-corrected chi connectivity index (χ2v) is 13.8. The monoisotopic (exact) mass is 741 g/mol. The maximum absolute atomic E-state index is 14.4. The van der Waals surface area contributed by atoms with Gasteiger partial charge in [0.25, 0.3) is 0 Å². The molecule has 2 atom stereocenters. The average Bonchev–Trinajstić information content (AvgIpc) is 3.47. The number of hydrogen-bond acceptors (Lipinski definition) is 11. The molecule has 0 radical (unpaired) electrons. The fourth-order valence-corrected chi connectivity index (χ4v) is 7.02. The van der Waals surface area contributed by atoms with Crippen molar-refractivity contribution in [3.05, 3.63) is 66.2 Å². The van der Waals surface area contributed by atoms with Crippen molar-refractivity contribution in [3.8, 4) is 40.3 Å². The van der Waals surface area contributed by atoms with Crippen LogP contribution in [-0.4, -0.2) is 79.3 Å². The molecule has 230 valence electrons. The second-order valence-electron chi connectivity index (χ2n) is 9.06. The van der Waals surface area contributed by atoms with Crippen LogP contribution in [0.5, 0.6) is 23.1 Å². The van der Waals surface area contributed by atoms with Crippen LogP contribution in [0.1, 0.15) is 18.6 Å². The van der Waals surface area contributed by atoms with Gasteiger partial charge in [0.2, 0.25) is 21.9 Å². The number of sulfonamides is 1. The quantitative estimate of drug-likeness (QED) is 0.180. The number of nitrogens with zero attached hydrogens (tertiary/aromatic N) is 5. The number of aliphatic hydroxyl groups excluding tert-OH is 1. The molecule has 0 aliphatic carbocycles. The van der Waals surface area contributed by atoms with E-state index in [0.717, 1.165) is 4.31 Å². The summed E-state index contributed by atoms with van der Waals surface area (Å²) in [5, 5.41) is 18.9. The standard InChI is InChI=1S/C28H32IN5O7S2/c1-18(26(35)19-10-6-7-12-21(19)38-2)43(36,37)33(16-17-42-29)28-32-31-27(20-11-8-15-24(30-20)41-5)34(28)25-22(39-3)13-9-14-23(25)40-4/h6-15,18,26,35H,16-17H2,1-5H3/t18-,26+/m0/s1.